The molecule has 0 aromatic heterocycles. The van der Waals surface area contributed by atoms with Crippen molar-refractivity contribution in [3.05, 3.63) is 83.4 Å². The molecule has 144 valence electrons. The Bertz CT molecular complexity index is 1010. The topological polar surface area (TPSA) is 3.24 Å². The van der Waals surface area contributed by atoms with Gasteiger partial charge in [0.25, 0.3) is 0 Å². The summed E-state index contributed by atoms with van der Waals surface area (Å²) in [6, 6.07) is 13.9. The second kappa shape index (κ2) is 6.93. The van der Waals surface area contributed by atoms with Gasteiger partial charge in [-0.1, -0.05) is 18.2 Å². The van der Waals surface area contributed by atoms with Crippen molar-refractivity contribution in [3.8, 4) is 11.1 Å². The second-order valence-corrected chi connectivity index (χ2v) is 6.80. The predicted octanol–water partition coefficient (Wildman–Crippen LogP) is 6.73. The van der Waals surface area contributed by atoms with Crippen LogP contribution in [0.4, 0.5) is 33.3 Å². The molecule has 0 saturated carbocycles. The van der Waals surface area contributed by atoms with Crippen LogP contribution in [0, 0.1) is 11.6 Å². The van der Waals surface area contributed by atoms with E-state index in [0.717, 1.165) is 42.3 Å². The van der Waals surface area contributed by atoms with Gasteiger partial charge in [0.1, 0.15) is 11.6 Å². The highest BCUT2D eigenvalue weighted by Crippen LogP contribution is 2.39. The molecule has 1 aliphatic heterocycles. The zero-order chi connectivity index (χ0) is 19.9. The van der Waals surface area contributed by atoms with E-state index in [1.807, 2.05) is 11.0 Å². The summed E-state index contributed by atoms with van der Waals surface area (Å²) >= 11 is 0. The summed E-state index contributed by atoms with van der Waals surface area (Å²) in [6.07, 6.45) is -2.82. The summed E-state index contributed by atoms with van der Waals surface area (Å²) in [5, 5.41) is 0. The van der Waals surface area contributed by atoms with Crippen LogP contribution >= 0.6 is 0 Å². The van der Waals surface area contributed by atoms with Crippen molar-refractivity contribution in [1.82, 2.24) is 0 Å². The number of hydrogen-bond acceptors (Lipinski definition) is 1. The molecule has 0 saturated heterocycles. The highest BCUT2D eigenvalue weighted by Gasteiger charge is 2.31. The number of hydrogen-bond donors (Lipinski definition) is 0. The van der Waals surface area contributed by atoms with Gasteiger partial charge in [-0.2, -0.15) is 13.2 Å². The van der Waals surface area contributed by atoms with Gasteiger partial charge in [-0.25, -0.2) is 8.78 Å². The Balaban J connectivity index is 1.79. The van der Waals surface area contributed by atoms with Crippen LogP contribution in [-0.2, 0) is 12.6 Å². The van der Waals surface area contributed by atoms with E-state index in [1.165, 1.54) is 18.2 Å². The molecular weight excluding hydrogens is 373 g/mol. The zero-order valence-corrected chi connectivity index (χ0v) is 14.7. The molecule has 0 bridgehead atoms. The maximum atomic E-state index is 13.6. The van der Waals surface area contributed by atoms with E-state index in [9.17, 15) is 22.0 Å². The van der Waals surface area contributed by atoms with E-state index >= 15 is 0 Å². The van der Waals surface area contributed by atoms with Gasteiger partial charge in [0.2, 0.25) is 0 Å². The average molecular weight is 389 g/mol. The monoisotopic (exact) mass is 389 g/mol. The third kappa shape index (κ3) is 3.59. The van der Waals surface area contributed by atoms with Gasteiger partial charge in [0.15, 0.2) is 0 Å². The van der Waals surface area contributed by atoms with E-state index in [0.29, 0.717) is 23.4 Å². The number of halogens is 5. The van der Waals surface area contributed by atoms with Gasteiger partial charge in [0.05, 0.1) is 5.56 Å². The quantitative estimate of drug-likeness (QED) is 0.439. The lowest BCUT2D eigenvalue weighted by Crippen LogP contribution is -2.24. The van der Waals surface area contributed by atoms with Crippen molar-refractivity contribution in [1.29, 1.82) is 0 Å². The molecule has 0 unspecified atom stereocenters. The lowest BCUT2D eigenvalue weighted by atomic mass is 9.96. The summed E-state index contributed by atoms with van der Waals surface area (Å²) in [7, 11) is 0. The number of benzene rings is 3. The smallest absolute Gasteiger partial charge is 0.341 e. The molecule has 0 amide bonds. The Labute approximate surface area is 159 Å². The Morgan fingerprint density at radius 1 is 0.786 bits per heavy atom. The molecule has 0 aliphatic carbocycles. The van der Waals surface area contributed by atoms with E-state index in [1.54, 1.807) is 18.2 Å². The Kier molecular flexibility index (Phi) is 4.57. The fourth-order valence-corrected chi connectivity index (χ4v) is 3.59. The van der Waals surface area contributed by atoms with E-state index in [4.69, 9.17) is 0 Å². The van der Waals surface area contributed by atoms with E-state index in [-0.39, 0.29) is 0 Å². The maximum Gasteiger partial charge on any atom is 0.416 e. The summed E-state index contributed by atoms with van der Waals surface area (Å²) in [5.74, 6) is -1.36. The van der Waals surface area contributed by atoms with Crippen molar-refractivity contribution >= 4 is 11.4 Å². The van der Waals surface area contributed by atoms with Crippen molar-refractivity contribution < 1.29 is 22.0 Å². The molecule has 0 N–H and O–H groups in total. The first-order valence-corrected chi connectivity index (χ1v) is 8.85. The minimum absolute atomic E-state index is 0.384. The molecule has 4 rings (SSSR count). The first-order valence-electron chi connectivity index (χ1n) is 8.85. The highest BCUT2D eigenvalue weighted by molar-refractivity contribution is 5.75. The molecule has 1 aliphatic rings. The van der Waals surface area contributed by atoms with Crippen LogP contribution in [0.5, 0.6) is 0 Å². The molecule has 1 heterocycles. The van der Waals surface area contributed by atoms with Crippen molar-refractivity contribution in [2.24, 2.45) is 0 Å². The molecule has 3 aromatic rings. The molecular formula is C22H16F5N. The molecule has 0 atom stereocenters. The Morgan fingerprint density at radius 2 is 1.54 bits per heavy atom. The second-order valence-electron chi connectivity index (χ2n) is 6.80. The minimum atomic E-state index is -4.42. The largest absolute Gasteiger partial charge is 0.416 e. The Hall–Kier alpha value is -2.89. The lowest BCUT2D eigenvalue weighted by molar-refractivity contribution is -0.137. The SMILES string of the molecule is Fc1cc(F)cc(-c2ccc3c(c2)N(c2cccc(C(F)(F)F)c2)CCC3)c1. The normalized spacial score (nSPS) is 14.1. The van der Waals surface area contributed by atoms with Crippen molar-refractivity contribution in [3.63, 3.8) is 0 Å². The fraction of sp³-hybridized carbons (Fsp3) is 0.182. The van der Waals surface area contributed by atoms with Gasteiger partial charge in [-0.3, -0.25) is 0 Å². The molecule has 28 heavy (non-hydrogen) atoms. The van der Waals surface area contributed by atoms with Crippen molar-refractivity contribution in [2.45, 2.75) is 19.0 Å². The fourth-order valence-electron chi connectivity index (χ4n) is 3.59. The van der Waals surface area contributed by atoms with Gasteiger partial charge >= 0.3 is 6.18 Å². The molecule has 6 heteroatoms. The third-order valence-electron chi connectivity index (χ3n) is 4.88. The van der Waals surface area contributed by atoms with Crippen LogP contribution in [0.15, 0.2) is 60.7 Å². The Morgan fingerprint density at radius 3 is 2.25 bits per heavy atom. The van der Waals surface area contributed by atoms with Crippen LogP contribution in [-0.4, -0.2) is 6.54 Å². The first kappa shape index (κ1) is 18.5. The van der Waals surface area contributed by atoms with Crippen LogP contribution in [0.2, 0.25) is 0 Å². The molecule has 1 nitrogen and oxygen atoms in total. The van der Waals surface area contributed by atoms with E-state index < -0.39 is 23.4 Å². The van der Waals surface area contributed by atoms with Crippen molar-refractivity contribution in [2.75, 3.05) is 11.4 Å². The summed E-state index contributed by atoms with van der Waals surface area (Å²) in [6.45, 7) is 0.565. The highest BCUT2D eigenvalue weighted by atomic mass is 19.4. The van der Waals surface area contributed by atoms with Crippen LogP contribution in [0.1, 0.15) is 17.5 Å². The first-order chi connectivity index (χ1) is 13.3. The standard InChI is InChI=1S/C22H16F5N/c23-18-9-16(10-19(24)13-18)15-7-6-14-3-2-8-28(21(14)11-15)20-5-1-4-17(12-20)22(25,26)27/h1,4-7,9-13H,2-3,8H2. The van der Waals surface area contributed by atoms with E-state index in [2.05, 4.69) is 0 Å². The van der Waals surface area contributed by atoms with Gasteiger partial charge in [-0.15, -0.1) is 0 Å². The van der Waals surface area contributed by atoms with Gasteiger partial charge < -0.3 is 4.90 Å². The third-order valence-corrected chi connectivity index (χ3v) is 4.88. The average Bonchev–Trinajstić information content (AvgIpc) is 2.66. The van der Waals surface area contributed by atoms with Gasteiger partial charge in [0, 0.05) is 24.0 Å². The lowest BCUT2D eigenvalue weighted by Gasteiger charge is -2.32. The van der Waals surface area contributed by atoms with Crippen LogP contribution in [0.25, 0.3) is 11.1 Å². The molecule has 3 aromatic carbocycles. The summed E-state index contributed by atoms with van der Waals surface area (Å²) < 4.78 is 66.5. The molecule has 0 spiro atoms. The number of anilines is 2. The van der Waals surface area contributed by atoms with Gasteiger partial charge in [-0.05, 0) is 65.9 Å². The van der Waals surface area contributed by atoms with Crippen LogP contribution in [0.3, 0.4) is 0 Å². The molecule has 0 fully saturated rings. The summed E-state index contributed by atoms with van der Waals surface area (Å²) in [4.78, 5) is 1.83. The number of fused-ring (bicyclic) bond motifs is 1. The number of aryl methyl sites for hydroxylation is 1. The maximum absolute atomic E-state index is 13.6. The summed E-state index contributed by atoms with van der Waals surface area (Å²) in [5.41, 5.74) is 2.47. The minimum Gasteiger partial charge on any atom is -0.341 e. The van der Waals surface area contributed by atoms with Crippen LogP contribution < -0.4 is 4.90 Å². The molecule has 0 radical (unpaired) electrons. The number of nitrogens with zero attached hydrogens (tertiary/aromatic N) is 1. The number of rotatable bonds is 2. The zero-order valence-electron chi connectivity index (χ0n) is 14.7. The number of alkyl halides is 3. The predicted molar refractivity (Wildman–Crippen MR) is 98.6 cm³/mol.